The highest BCUT2D eigenvalue weighted by Crippen LogP contribution is 2.31. The van der Waals surface area contributed by atoms with Crippen LogP contribution in [0, 0.1) is 12.7 Å². The number of nitrogens with zero attached hydrogens (tertiary/aromatic N) is 5. The second kappa shape index (κ2) is 13.4. The Morgan fingerprint density at radius 2 is 1.82 bits per heavy atom. The maximum Gasteiger partial charge on any atom is 0.573 e. The topological polar surface area (TPSA) is 120 Å². The molecule has 11 nitrogen and oxygen atoms in total. The van der Waals surface area contributed by atoms with Crippen LogP contribution in [0.2, 0.25) is 0 Å². The van der Waals surface area contributed by atoms with Crippen molar-refractivity contribution in [3.05, 3.63) is 89.5 Å². The van der Waals surface area contributed by atoms with Crippen LogP contribution in [-0.4, -0.2) is 51.1 Å². The molecule has 1 aliphatic rings. The molecular weight excluding hydrogens is 620 g/mol. The number of aliphatic imine (C=N–C) groups is 1. The molecule has 2 heterocycles. The summed E-state index contributed by atoms with van der Waals surface area (Å²) < 4.78 is 67.7. The number of anilines is 2. The maximum absolute atomic E-state index is 14.8. The Kier molecular flexibility index (Phi) is 9.34. The zero-order chi connectivity index (χ0) is 32.1. The number of carbonyl (C=O) groups excluding carboxylic acids is 2. The van der Waals surface area contributed by atoms with E-state index in [9.17, 15) is 27.2 Å². The molecule has 1 aromatic heterocycles. The molecule has 3 amide bonds. The third kappa shape index (κ3) is 7.96. The first-order valence-corrected chi connectivity index (χ1v) is 14.1. The average Bonchev–Trinajstić information content (AvgIpc) is 3.59. The van der Waals surface area contributed by atoms with Gasteiger partial charge >= 0.3 is 18.4 Å². The molecule has 1 fully saturated rings. The number of amides is 3. The summed E-state index contributed by atoms with van der Waals surface area (Å²) >= 11 is 1.11. The molecule has 4 aromatic rings. The number of alkyl halides is 3. The maximum atomic E-state index is 14.8. The van der Waals surface area contributed by atoms with E-state index in [1.54, 1.807) is 7.11 Å². The Balaban J connectivity index is 1.21. The summed E-state index contributed by atoms with van der Waals surface area (Å²) in [7, 11) is 1.54. The molecule has 1 N–H and O–H groups in total. The van der Waals surface area contributed by atoms with E-state index in [0.717, 1.165) is 41.1 Å². The van der Waals surface area contributed by atoms with E-state index in [4.69, 9.17) is 9.47 Å². The third-order valence-electron chi connectivity index (χ3n) is 6.21. The molecular formula is C29H24F4N6O5S. The van der Waals surface area contributed by atoms with Crippen molar-refractivity contribution in [3.8, 4) is 17.4 Å². The molecule has 0 aliphatic carbocycles. The van der Waals surface area contributed by atoms with Crippen molar-refractivity contribution in [2.45, 2.75) is 26.5 Å². The first kappa shape index (κ1) is 31.5. The van der Waals surface area contributed by atoms with Crippen molar-refractivity contribution in [1.82, 2.24) is 14.8 Å². The summed E-state index contributed by atoms with van der Waals surface area (Å²) in [5.41, 5.74) is 2.89. The number of halogens is 4. The summed E-state index contributed by atoms with van der Waals surface area (Å²) in [4.78, 5) is 34.8. The smallest absolute Gasteiger partial charge is 0.457 e. The van der Waals surface area contributed by atoms with Gasteiger partial charge in [0.15, 0.2) is 5.17 Å². The number of ether oxygens (including phenoxy) is 3. The molecule has 234 valence electrons. The molecule has 0 bridgehead atoms. The highest BCUT2D eigenvalue weighted by Gasteiger charge is 2.32. The van der Waals surface area contributed by atoms with Crippen LogP contribution in [0.1, 0.15) is 16.7 Å². The number of methoxy groups -OCH3 is 1. The summed E-state index contributed by atoms with van der Waals surface area (Å²) in [6, 6.07) is 13.5. The molecule has 5 rings (SSSR count). The van der Waals surface area contributed by atoms with Gasteiger partial charge in [-0.3, -0.25) is 9.69 Å². The molecule has 16 heteroatoms. The predicted octanol–water partition coefficient (Wildman–Crippen LogP) is 6.01. The van der Waals surface area contributed by atoms with Crippen molar-refractivity contribution in [2.75, 3.05) is 23.1 Å². The number of aromatic nitrogens is 3. The largest absolute Gasteiger partial charge is 0.573 e. The lowest BCUT2D eigenvalue weighted by molar-refractivity contribution is -0.274. The standard InChI is InChI=1S/C29H24F4N6O5S/c1-17-3-4-19(13-42-2)24(11-17)39-25(40)15-45-28(39)36-26(41)35-20-6-5-18(23(30)12-20)14-43-27-34-16-38(37-27)21-7-9-22(10-8-21)44-29(31,32)33/h3-12,16H,13-15H2,1-2H3,(H,35,41)/b36-28-. The van der Waals surface area contributed by atoms with Gasteiger partial charge in [-0.1, -0.05) is 30.0 Å². The number of thioether (sulfide) groups is 1. The van der Waals surface area contributed by atoms with E-state index in [2.05, 4.69) is 25.1 Å². The summed E-state index contributed by atoms with van der Waals surface area (Å²) in [6.07, 6.45) is -3.53. The number of hydrogen-bond acceptors (Lipinski definition) is 8. The van der Waals surface area contributed by atoms with E-state index < -0.39 is 24.0 Å². The molecule has 3 aromatic carbocycles. The zero-order valence-corrected chi connectivity index (χ0v) is 24.5. The number of benzene rings is 3. The minimum atomic E-state index is -4.81. The molecule has 1 aliphatic heterocycles. The number of rotatable bonds is 9. The predicted molar refractivity (Wildman–Crippen MR) is 157 cm³/mol. The summed E-state index contributed by atoms with van der Waals surface area (Å²) in [6.45, 7) is 1.89. The van der Waals surface area contributed by atoms with Gasteiger partial charge in [-0.15, -0.1) is 18.3 Å². The van der Waals surface area contributed by atoms with Crippen molar-refractivity contribution < 1.29 is 41.4 Å². The fourth-order valence-corrected chi connectivity index (χ4v) is 5.06. The fraction of sp³-hybridized carbons (Fsp3) is 0.207. The third-order valence-corrected chi connectivity index (χ3v) is 7.13. The van der Waals surface area contributed by atoms with Crippen LogP contribution in [0.25, 0.3) is 5.69 Å². The Labute approximate surface area is 257 Å². The normalized spacial score (nSPS) is 14.2. The van der Waals surface area contributed by atoms with E-state index in [0.29, 0.717) is 11.4 Å². The van der Waals surface area contributed by atoms with Crippen molar-refractivity contribution in [1.29, 1.82) is 0 Å². The van der Waals surface area contributed by atoms with Gasteiger partial charge < -0.3 is 19.5 Å². The van der Waals surface area contributed by atoms with Crippen LogP contribution in [-0.2, 0) is 22.7 Å². The van der Waals surface area contributed by atoms with Crippen LogP contribution in [0.15, 0.2) is 72.0 Å². The monoisotopic (exact) mass is 644 g/mol. The fourth-order valence-electron chi connectivity index (χ4n) is 4.20. The van der Waals surface area contributed by atoms with E-state index in [1.165, 1.54) is 40.2 Å². The van der Waals surface area contributed by atoms with Gasteiger partial charge in [0.05, 0.1) is 23.7 Å². The number of amidine groups is 1. The summed E-state index contributed by atoms with van der Waals surface area (Å²) in [5.74, 6) is -1.21. The van der Waals surface area contributed by atoms with Crippen LogP contribution in [0.5, 0.6) is 11.8 Å². The van der Waals surface area contributed by atoms with Crippen molar-refractivity contribution in [2.24, 2.45) is 4.99 Å². The van der Waals surface area contributed by atoms with Gasteiger partial charge in [-0.2, -0.15) is 9.98 Å². The zero-order valence-electron chi connectivity index (χ0n) is 23.7. The average molecular weight is 645 g/mol. The SMILES string of the molecule is COCc1ccc(C)cc1N1C(=O)CS/C1=N\C(=O)Nc1ccc(COc2ncn(-c3ccc(OC(F)(F)F)cc3)n2)c(F)c1. The van der Waals surface area contributed by atoms with Gasteiger partial charge in [0.2, 0.25) is 5.91 Å². The first-order valence-electron chi connectivity index (χ1n) is 13.1. The highest BCUT2D eigenvalue weighted by atomic mass is 32.2. The minimum absolute atomic E-state index is 0.103. The lowest BCUT2D eigenvalue weighted by Gasteiger charge is -2.20. The van der Waals surface area contributed by atoms with Crippen LogP contribution >= 0.6 is 11.8 Å². The van der Waals surface area contributed by atoms with Gasteiger partial charge in [-0.05, 0) is 55.0 Å². The van der Waals surface area contributed by atoms with E-state index in [-0.39, 0.29) is 47.3 Å². The van der Waals surface area contributed by atoms with Gasteiger partial charge in [0.1, 0.15) is 24.5 Å². The first-order chi connectivity index (χ1) is 21.5. The van der Waals surface area contributed by atoms with E-state index >= 15 is 0 Å². The lowest BCUT2D eigenvalue weighted by atomic mass is 10.1. The molecule has 0 saturated carbocycles. The van der Waals surface area contributed by atoms with Gasteiger partial charge in [0, 0.05) is 23.9 Å². The number of carbonyl (C=O) groups is 2. The molecule has 0 spiro atoms. The van der Waals surface area contributed by atoms with Crippen LogP contribution < -0.4 is 19.7 Å². The van der Waals surface area contributed by atoms with E-state index in [1.807, 2.05) is 25.1 Å². The number of nitrogens with one attached hydrogen (secondary N) is 1. The number of urea groups is 1. The quantitative estimate of drug-likeness (QED) is 0.220. The van der Waals surface area contributed by atoms with Crippen LogP contribution in [0.3, 0.4) is 0 Å². The van der Waals surface area contributed by atoms with Crippen LogP contribution in [0.4, 0.5) is 33.7 Å². The lowest BCUT2D eigenvalue weighted by Crippen LogP contribution is -2.31. The molecule has 45 heavy (non-hydrogen) atoms. The highest BCUT2D eigenvalue weighted by molar-refractivity contribution is 8.15. The molecule has 1 saturated heterocycles. The van der Waals surface area contributed by atoms with Gasteiger partial charge in [0.25, 0.3) is 0 Å². The Morgan fingerprint density at radius 1 is 1.07 bits per heavy atom. The van der Waals surface area contributed by atoms with Crippen molar-refractivity contribution >= 4 is 40.2 Å². The summed E-state index contributed by atoms with van der Waals surface area (Å²) in [5, 5.41) is 6.77. The minimum Gasteiger partial charge on any atom is -0.457 e. The Morgan fingerprint density at radius 3 is 2.53 bits per heavy atom. The van der Waals surface area contributed by atoms with Crippen molar-refractivity contribution in [3.63, 3.8) is 0 Å². The second-order valence-corrected chi connectivity index (χ2v) is 10.5. The molecule has 0 unspecified atom stereocenters. The van der Waals surface area contributed by atoms with Gasteiger partial charge in [-0.25, -0.2) is 13.9 Å². The Hall–Kier alpha value is -4.96. The number of aryl methyl sites for hydroxylation is 1. The molecule has 0 radical (unpaired) electrons. The second-order valence-electron chi connectivity index (χ2n) is 9.52. The Bertz CT molecular complexity index is 1750. The molecule has 0 atom stereocenters. The number of hydrogen-bond donors (Lipinski definition) is 1.